The lowest BCUT2D eigenvalue weighted by Gasteiger charge is -2.15. The first-order valence-corrected chi connectivity index (χ1v) is 8.90. The lowest BCUT2D eigenvalue weighted by Crippen LogP contribution is -2.33. The molecule has 1 aromatic carbocycles. The first-order valence-electron chi connectivity index (χ1n) is 8.02. The summed E-state index contributed by atoms with van der Waals surface area (Å²) >= 11 is 1.47. The second kappa shape index (κ2) is 6.61. The summed E-state index contributed by atoms with van der Waals surface area (Å²) in [5.74, 6) is -0.455. The summed E-state index contributed by atoms with van der Waals surface area (Å²) in [6.07, 6.45) is 0.742. The first kappa shape index (κ1) is 16.5. The number of benzene rings is 1. The average Bonchev–Trinajstić information content (AvgIpc) is 3.15. The van der Waals surface area contributed by atoms with Crippen LogP contribution in [0.3, 0.4) is 0 Å². The van der Waals surface area contributed by atoms with Crippen molar-refractivity contribution in [1.29, 1.82) is 0 Å². The Morgan fingerprint density at radius 1 is 1.08 bits per heavy atom. The largest absolute Gasteiger partial charge is 0.350 e. The van der Waals surface area contributed by atoms with Gasteiger partial charge in [0.2, 0.25) is 0 Å². The van der Waals surface area contributed by atoms with Crippen LogP contribution >= 0.6 is 11.3 Å². The number of carbonyl (C=O) groups excluding carboxylic acids is 2. The Hall–Kier alpha value is -2.40. The van der Waals surface area contributed by atoms with E-state index in [-0.39, 0.29) is 11.8 Å². The Morgan fingerprint density at radius 2 is 1.88 bits per heavy atom. The van der Waals surface area contributed by atoms with Crippen molar-refractivity contribution < 1.29 is 9.59 Å². The van der Waals surface area contributed by atoms with Gasteiger partial charge in [0, 0.05) is 17.1 Å². The number of carbonyl (C=O) groups is 2. The van der Waals surface area contributed by atoms with Gasteiger partial charge in [-0.2, -0.15) is 0 Å². The molecule has 0 atom stereocenters. The molecule has 0 radical (unpaired) electrons. The number of amides is 2. The zero-order chi connectivity index (χ0) is 17.3. The SMILES string of the molecule is CCCN1C(=O)C(Nc2cccc(C)c2C)=C(c2cccs2)C1=O. The van der Waals surface area contributed by atoms with Gasteiger partial charge >= 0.3 is 0 Å². The lowest BCUT2D eigenvalue weighted by atomic mass is 10.1. The Balaban J connectivity index is 2.07. The molecule has 24 heavy (non-hydrogen) atoms. The van der Waals surface area contributed by atoms with Gasteiger partial charge in [0.25, 0.3) is 11.8 Å². The van der Waals surface area contributed by atoms with Crippen LogP contribution < -0.4 is 5.32 Å². The van der Waals surface area contributed by atoms with Crippen LogP contribution in [0.25, 0.3) is 5.57 Å². The van der Waals surface area contributed by atoms with Gasteiger partial charge < -0.3 is 5.32 Å². The molecule has 1 aromatic heterocycles. The van der Waals surface area contributed by atoms with E-state index in [2.05, 4.69) is 5.32 Å². The maximum absolute atomic E-state index is 12.8. The van der Waals surface area contributed by atoms with E-state index in [1.165, 1.54) is 16.2 Å². The molecule has 1 N–H and O–H groups in total. The maximum Gasteiger partial charge on any atom is 0.278 e. The fourth-order valence-electron chi connectivity index (χ4n) is 2.79. The summed E-state index contributed by atoms with van der Waals surface area (Å²) in [4.78, 5) is 27.7. The normalized spacial score (nSPS) is 14.7. The third kappa shape index (κ3) is 2.76. The molecule has 0 aliphatic carbocycles. The van der Waals surface area contributed by atoms with Crippen LogP contribution in [-0.2, 0) is 9.59 Å². The number of thiophene rings is 1. The van der Waals surface area contributed by atoms with E-state index in [1.807, 2.05) is 56.5 Å². The van der Waals surface area contributed by atoms with Gasteiger partial charge in [-0.1, -0.05) is 25.1 Å². The number of nitrogens with zero attached hydrogens (tertiary/aromatic N) is 1. The van der Waals surface area contributed by atoms with E-state index in [1.54, 1.807) is 0 Å². The van der Waals surface area contributed by atoms with Crippen molar-refractivity contribution in [3.05, 3.63) is 57.4 Å². The van der Waals surface area contributed by atoms with Gasteiger partial charge in [-0.25, -0.2) is 0 Å². The second-order valence-corrected chi connectivity index (χ2v) is 6.81. The molecule has 2 amide bonds. The molecule has 0 saturated carbocycles. The lowest BCUT2D eigenvalue weighted by molar-refractivity contribution is -0.136. The molecule has 1 aliphatic rings. The Morgan fingerprint density at radius 3 is 2.54 bits per heavy atom. The summed E-state index contributed by atoms with van der Waals surface area (Å²) in [5, 5.41) is 5.15. The summed E-state index contributed by atoms with van der Waals surface area (Å²) in [6, 6.07) is 9.68. The predicted molar refractivity (Wildman–Crippen MR) is 97.8 cm³/mol. The Labute approximate surface area is 145 Å². The minimum atomic E-state index is -0.244. The Bertz CT molecular complexity index is 822. The van der Waals surface area contributed by atoms with E-state index in [0.29, 0.717) is 17.8 Å². The van der Waals surface area contributed by atoms with E-state index in [4.69, 9.17) is 0 Å². The van der Waals surface area contributed by atoms with E-state index >= 15 is 0 Å². The van der Waals surface area contributed by atoms with Crippen LogP contribution in [0.2, 0.25) is 0 Å². The quantitative estimate of drug-likeness (QED) is 0.838. The first-order chi connectivity index (χ1) is 11.5. The minimum absolute atomic E-state index is 0.211. The van der Waals surface area contributed by atoms with Crippen molar-refractivity contribution in [3.63, 3.8) is 0 Å². The second-order valence-electron chi connectivity index (χ2n) is 5.86. The molecular weight excluding hydrogens is 320 g/mol. The van der Waals surface area contributed by atoms with Crippen LogP contribution in [0.1, 0.15) is 29.3 Å². The number of hydrogen-bond donors (Lipinski definition) is 1. The average molecular weight is 340 g/mol. The van der Waals surface area contributed by atoms with Gasteiger partial charge in [0.05, 0.1) is 5.57 Å². The number of aryl methyl sites for hydroxylation is 1. The molecule has 0 fully saturated rings. The number of imide groups is 1. The van der Waals surface area contributed by atoms with Gasteiger partial charge in [-0.15, -0.1) is 11.3 Å². The number of rotatable bonds is 5. The fourth-order valence-corrected chi connectivity index (χ4v) is 3.56. The highest BCUT2D eigenvalue weighted by atomic mass is 32.1. The molecule has 0 unspecified atom stereocenters. The topological polar surface area (TPSA) is 49.4 Å². The molecule has 0 bridgehead atoms. The molecule has 1 aliphatic heterocycles. The smallest absolute Gasteiger partial charge is 0.278 e. The Kier molecular flexibility index (Phi) is 4.53. The van der Waals surface area contributed by atoms with Crippen molar-refractivity contribution in [3.8, 4) is 0 Å². The molecule has 2 heterocycles. The van der Waals surface area contributed by atoms with Crippen molar-refractivity contribution in [2.45, 2.75) is 27.2 Å². The molecule has 4 nitrogen and oxygen atoms in total. The number of nitrogens with one attached hydrogen (secondary N) is 1. The van der Waals surface area contributed by atoms with Crippen LogP contribution in [-0.4, -0.2) is 23.3 Å². The van der Waals surface area contributed by atoms with E-state index in [0.717, 1.165) is 28.1 Å². The molecular formula is C19H20N2O2S. The highest BCUT2D eigenvalue weighted by molar-refractivity contribution is 7.11. The fraction of sp³-hybridized carbons (Fsp3) is 0.263. The molecule has 124 valence electrons. The summed E-state index contributed by atoms with van der Waals surface area (Å²) < 4.78 is 0. The van der Waals surface area contributed by atoms with Crippen LogP contribution in [0.15, 0.2) is 41.4 Å². The van der Waals surface area contributed by atoms with Gasteiger partial charge in [0.15, 0.2) is 0 Å². The summed E-state index contributed by atoms with van der Waals surface area (Å²) in [6.45, 7) is 6.43. The van der Waals surface area contributed by atoms with Crippen molar-refractivity contribution in [2.75, 3.05) is 11.9 Å². The predicted octanol–water partition coefficient (Wildman–Crippen LogP) is 3.97. The third-order valence-corrected chi connectivity index (χ3v) is 5.13. The monoisotopic (exact) mass is 340 g/mol. The molecule has 2 aromatic rings. The maximum atomic E-state index is 12.8. The van der Waals surface area contributed by atoms with Crippen LogP contribution in [0.4, 0.5) is 5.69 Å². The summed E-state index contributed by atoms with van der Waals surface area (Å²) in [7, 11) is 0. The van der Waals surface area contributed by atoms with Crippen molar-refractivity contribution >= 4 is 34.4 Å². The number of hydrogen-bond acceptors (Lipinski definition) is 4. The number of anilines is 1. The van der Waals surface area contributed by atoms with E-state index in [9.17, 15) is 9.59 Å². The highest BCUT2D eigenvalue weighted by Gasteiger charge is 2.39. The van der Waals surface area contributed by atoms with Crippen molar-refractivity contribution in [1.82, 2.24) is 4.90 Å². The molecule has 0 saturated heterocycles. The molecule has 3 rings (SSSR count). The van der Waals surface area contributed by atoms with Gasteiger partial charge in [-0.05, 0) is 48.9 Å². The zero-order valence-electron chi connectivity index (χ0n) is 14.1. The molecule has 5 heteroatoms. The molecule has 0 spiro atoms. The standard InChI is InChI=1S/C19H20N2O2S/c1-4-10-21-18(22)16(15-9-6-11-24-15)17(19(21)23)20-14-8-5-7-12(2)13(14)3/h5-9,11,20H,4,10H2,1-3H3. The zero-order valence-corrected chi connectivity index (χ0v) is 14.9. The minimum Gasteiger partial charge on any atom is -0.350 e. The van der Waals surface area contributed by atoms with E-state index < -0.39 is 0 Å². The van der Waals surface area contributed by atoms with Crippen LogP contribution in [0.5, 0.6) is 0 Å². The summed E-state index contributed by atoms with van der Waals surface area (Å²) in [5.41, 5.74) is 3.93. The van der Waals surface area contributed by atoms with Crippen LogP contribution in [0, 0.1) is 13.8 Å². The third-order valence-electron chi connectivity index (χ3n) is 4.25. The van der Waals surface area contributed by atoms with Gasteiger partial charge in [-0.3, -0.25) is 14.5 Å². The van der Waals surface area contributed by atoms with Crippen molar-refractivity contribution in [2.24, 2.45) is 0 Å². The van der Waals surface area contributed by atoms with Gasteiger partial charge in [0.1, 0.15) is 5.70 Å². The highest BCUT2D eigenvalue weighted by Crippen LogP contribution is 2.33.